The van der Waals surface area contributed by atoms with Gasteiger partial charge in [0, 0.05) is 36.2 Å². The Labute approximate surface area is 162 Å². The second-order valence-corrected chi connectivity index (χ2v) is 6.99. The number of hydrogen-bond donors (Lipinski definition) is 2. The largest absolute Gasteiger partial charge is 0.363 e. The Balaban J connectivity index is 1.33. The Kier molecular flexibility index (Phi) is 3.86. The van der Waals surface area contributed by atoms with Crippen molar-refractivity contribution >= 4 is 28.5 Å². The van der Waals surface area contributed by atoms with E-state index in [9.17, 15) is 9.18 Å². The first-order chi connectivity index (χ1) is 13.7. The van der Waals surface area contributed by atoms with Crippen LogP contribution in [0.3, 0.4) is 0 Å². The third kappa shape index (κ3) is 2.81. The van der Waals surface area contributed by atoms with Crippen molar-refractivity contribution in [3.63, 3.8) is 0 Å². The molecular formula is C23H18FN3O. The maximum Gasteiger partial charge on any atom is 0.257 e. The highest BCUT2D eigenvalue weighted by atomic mass is 19.1. The summed E-state index contributed by atoms with van der Waals surface area (Å²) in [5.74, 6) is -0.716. The Hall–Kier alpha value is -3.60. The molecule has 0 aliphatic carbocycles. The summed E-state index contributed by atoms with van der Waals surface area (Å²) in [5, 5.41) is 5.80. The van der Waals surface area contributed by atoms with Gasteiger partial charge < -0.3 is 15.5 Å². The van der Waals surface area contributed by atoms with Crippen molar-refractivity contribution in [2.45, 2.75) is 13.1 Å². The molecule has 28 heavy (non-hydrogen) atoms. The molecule has 0 spiro atoms. The van der Waals surface area contributed by atoms with E-state index in [0.717, 1.165) is 24.5 Å². The van der Waals surface area contributed by atoms with Gasteiger partial charge in [-0.3, -0.25) is 4.79 Å². The molecule has 2 aliphatic heterocycles. The van der Waals surface area contributed by atoms with Crippen molar-refractivity contribution in [2.24, 2.45) is 0 Å². The molecule has 0 fully saturated rings. The lowest BCUT2D eigenvalue weighted by Crippen LogP contribution is -2.14. The van der Waals surface area contributed by atoms with E-state index in [2.05, 4.69) is 51.9 Å². The van der Waals surface area contributed by atoms with Crippen LogP contribution in [0.1, 0.15) is 16.7 Å². The smallest absolute Gasteiger partial charge is 0.257 e. The Morgan fingerprint density at radius 3 is 2.36 bits per heavy atom. The maximum absolute atomic E-state index is 14.1. The number of nitrogens with one attached hydrogen (secondary N) is 2. The summed E-state index contributed by atoms with van der Waals surface area (Å²) in [6.07, 6.45) is 1.56. The van der Waals surface area contributed by atoms with E-state index in [-0.39, 0.29) is 5.91 Å². The zero-order valence-electron chi connectivity index (χ0n) is 15.1. The predicted octanol–water partition coefficient (Wildman–Crippen LogP) is 4.75. The van der Waals surface area contributed by atoms with E-state index >= 15 is 0 Å². The number of amides is 1. The third-order valence-corrected chi connectivity index (χ3v) is 5.23. The quantitative estimate of drug-likeness (QED) is 0.653. The molecule has 2 aliphatic rings. The summed E-state index contributed by atoms with van der Waals surface area (Å²) >= 11 is 0. The first-order valence-corrected chi connectivity index (χ1v) is 9.18. The van der Waals surface area contributed by atoms with Gasteiger partial charge in [0.15, 0.2) is 0 Å². The van der Waals surface area contributed by atoms with E-state index in [1.54, 1.807) is 18.3 Å². The average molecular weight is 371 g/mol. The number of carbonyl (C=O) groups excluding carboxylic acids is 1. The van der Waals surface area contributed by atoms with E-state index in [4.69, 9.17) is 0 Å². The summed E-state index contributed by atoms with van der Waals surface area (Å²) in [6, 6.07) is 21.1. The first-order valence-electron chi connectivity index (χ1n) is 9.18. The van der Waals surface area contributed by atoms with E-state index in [0.29, 0.717) is 16.8 Å². The molecule has 138 valence electrons. The fraction of sp³-hybridized carbons (Fsp3) is 0.0870. The Bertz CT molecular complexity index is 1080. The monoisotopic (exact) mass is 371 g/mol. The highest BCUT2D eigenvalue weighted by molar-refractivity contribution is 6.31. The van der Waals surface area contributed by atoms with Gasteiger partial charge in [-0.15, -0.1) is 0 Å². The highest BCUT2D eigenvalue weighted by Gasteiger charge is 2.27. The SMILES string of the molecule is O=C1Nc2cccc(F)c2C1=CNc1ccc(N2Cc3ccccc3C2)cc1. The van der Waals surface area contributed by atoms with Crippen molar-refractivity contribution in [2.75, 3.05) is 15.5 Å². The fourth-order valence-electron chi connectivity index (χ4n) is 3.78. The van der Waals surface area contributed by atoms with Gasteiger partial charge in [-0.2, -0.15) is 0 Å². The molecule has 3 aromatic carbocycles. The van der Waals surface area contributed by atoms with Gasteiger partial charge in [-0.25, -0.2) is 4.39 Å². The van der Waals surface area contributed by atoms with E-state index < -0.39 is 5.82 Å². The molecule has 0 radical (unpaired) electrons. The number of anilines is 3. The molecule has 0 saturated carbocycles. The van der Waals surface area contributed by atoms with Gasteiger partial charge in [-0.05, 0) is 47.5 Å². The lowest BCUT2D eigenvalue weighted by atomic mass is 10.1. The maximum atomic E-state index is 14.1. The highest BCUT2D eigenvalue weighted by Crippen LogP contribution is 2.34. The van der Waals surface area contributed by atoms with Crippen LogP contribution in [0.4, 0.5) is 21.5 Å². The summed E-state index contributed by atoms with van der Waals surface area (Å²) < 4.78 is 14.1. The number of benzene rings is 3. The number of nitrogens with zero attached hydrogens (tertiary/aromatic N) is 1. The van der Waals surface area contributed by atoms with Crippen LogP contribution in [-0.4, -0.2) is 5.91 Å². The minimum Gasteiger partial charge on any atom is -0.363 e. The molecular weight excluding hydrogens is 353 g/mol. The molecule has 2 N–H and O–H groups in total. The van der Waals surface area contributed by atoms with Crippen molar-refractivity contribution < 1.29 is 9.18 Å². The molecule has 0 atom stereocenters. The van der Waals surface area contributed by atoms with Crippen LogP contribution in [0, 0.1) is 5.82 Å². The molecule has 0 aromatic heterocycles. The van der Waals surface area contributed by atoms with Gasteiger partial charge in [0.05, 0.1) is 11.3 Å². The molecule has 5 heteroatoms. The molecule has 2 heterocycles. The van der Waals surface area contributed by atoms with E-state index in [1.165, 1.54) is 17.2 Å². The second-order valence-electron chi connectivity index (χ2n) is 6.99. The zero-order valence-corrected chi connectivity index (χ0v) is 15.1. The molecule has 1 amide bonds. The number of fused-ring (bicyclic) bond motifs is 2. The Morgan fingerprint density at radius 1 is 0.929 bits per heavy atom. The van der Waals surface area contributed by atoms with Crippen LogP contribution in [0.2, 0.25) is 0 Å². The molecule has 4 nitrogen and oxygen atoms in total. The Morgan fingerprint density at radius 2 is 1.64 bits per heavy atom. The summed E-state index contributed by atoms with van der Waals surface area (Å²) in [6.45, 7) is 1.81. The van der Waals surface area contributed by atoms with Crippen LogP contribution in [0.5, 0.6) is 0 Å². The van der Waals surface area contributed by atoms with Crippen molar-refractivity contribution in [3.05, 3.63) is 95.4 Å². The average Bonchev–Trinajstić information content (AvgIpc) is 3.28. The van der Waals surface area contributed by atoms with E-state index in [1.807, 2.05) is 12.1 Å². The standard InChI is InChI=1S/C23H18FN3O/c24-20-6-3-7-21-22(20)19(23(28)26-21)12-25-17-8-10-18(11-9-17)27-13-15-4-1-2-5-16(15)14-27/h1-12,25H,13-14H2,(H,26,28). The molecule has 0 saturated heterocycles. The third-order valence-electron chi connectivity index (χ3n) is 5.23. The molecule has 3 aromatic rings. The number of hydrogen-bond acceptors (Lipinski definition) is 3. The van der Waals surface area contributed by atoms with Crippen molar-refractivity contribution in [3.8, 4) is 0 Å². The van der Waals surface area contributed by atoms with Crippen LogP contribution in [0.25, 0.3) is 5.57 Å². The van der Waals surface area contributed by atoms with Crippen LogP contribution < -0.4 is 15.5 Å². The summed E-state index contributed by atoms with van der Waals surface area (Å²) in [4.78, 5) is 14.5. The first kappa shape index (κ1) is 16.6. The number of halogens is 1. The number of carbonyl (C=O) groups is 1. The lowest BCUT2D eigenvalue weighted by Gasteiger charge is -2.18. The summed E-state index contributed by atoms with van der Waals surface area (Å²) in [5.41, 5.74) is 5.82. The molecule has 0 bridgehead atoms. The predicted molar refractivity (Wildman–Crippen MR) is 109 cm³/mol. The minimum absolute atomic E-state index is 0.298. The van der Waals surface area contributed by atoms with Gasteiger partial charge in [-0.1, -0.05) is 30.3 Å². The topological polar surface area (TPSA) is 44.4 Å². The normalized spacial score (nSPS) is 16.1. The van der Waals surface area contributed by atoms with Gasteiger partial charge in [0.25, 0.3) is 5.91 Å². The fourth-order valence-corrected chi connectivity index (χ4v) is 3.78. The van der Waals surface area contributed by atoms with Gasteiger partial charge in [0.2, 0.25) is 0 Å². The lowest BCUT2D eigenvalue weighted by molar-refractivity contribution is -0.110. The van der Waals surface area contributed by atoms with Crippen LogP contribution in [0.15, 0.2) is 72.9 Å². The number of rotatable bonds is 3. The van der Waals surface area contributed by atoms with Crippen molar-refractivity contribution in [1.29, 1.82) is 0 Å². The van der Waals surface area contributed by atoms with Gasteiger partial charge in [0.1, 0.15) is 5.82 Å². The van der Waals surface area contributed by atoms with Gasteiger partial charge >= 0.3 is 0 Å². The van der Waals surface area contributed by atoms with Crippen LogP contribution >= 0.6 is 0 Å². The minimum atomic E-state index is -0.409. The molecule has 0 unspecified atom stereocenters. The van der Waals surface area contributed by atoms with Crippen LogP contribution in [-0.2, 0) is 17.9 Å². The van der Waals surface area contributed by atoms with Crippen molar-refractivity contribution in [1.82, 2.24) is 0 Å². The summed E-state index contributed by atoms with van der Waals surface area (Å²) in [7, 11) is 0. The molecule has 5 rings (SSSR count). The second kappa shape index (κ2) is 6.53. The zero-order chi connectivity index (χ0) is 19.1.